The molecule has 1 aromatic heterocycles. The highest BCUT2D eigenvalue weighted by molar-refractivity contribution is 8.19. The highest BCUT2D eigenvalue weighted by Gasteiger charge is 2.39. The molecule has 0 bridgehead atoms. The zero-order valence-corrected chi connectivity index (χ0v) is 20.2. The summed E-state index contributed by atoms with van der Waals surface area (Å²) in [6.07, 6.45) is 1.59. The maximum atomic E-state index is 13.6. The molecular weight excluding hydrogens is 466 g/mol. The maximum Gasteiger partial charge on any atom is 0.269 e. The van der Waals surface area contributed by atoms with Gasteiger partial charge in [-0.05, 0) is 61.2 Å². The number of amides is 1. The van der Waals surface area contributed by atoms with Crippen molar-refractivity contribution < 1.29 is 9.21 Å². The van der Waals surface area contributed by atoms with Crippen LogP contribution in [0.1, 0.15) is 18.2 Å². The number of amidine groups is 1. The SMILES string of the molecule is CCNc1ccc(N=C2S/C(=C3/Sc4ccccc4N3C)C(=O)N2Cc2ccco2)cc1C#N. The van der Waals surface area contributed by atoms with Gasteiger partial charge in [-0.1, -0.05) is 23.9 Å². The first-order chi connectivity index (χ1) is 16.6. The summed E-state index contributed by atoms with van der Waals surface area (Å²) in [7, 11) is 1.97. The summed E-state index contributed by atoms with van der Waals surface area (Å²) < 4.78 is 5.51. The van der Waals surface area contributed by atoms with E-state index in [2.05, 4.69) is 17.5 Å². The van der Waals surface area contributed by atoms with Crippen LogP contribution in [0.4, 0.5) is 17.1 Å². The second-order valence-corrected chi connectivity index (χ2v) is 9.61. The van der Waals surface area contributed by atoms with Gasteiger partial charge < -0.3 is 14.6 Å². The van der Waals surface area contributed by atoms with Crippen molar-refractivity contribution in [1.29, 1.82) is 5.26 Å². The van der Waals surface area contributed by atoms with Crippen LogP contribution in [0.15, 0.2) is 85.1 Å². The molecule has 34 heavy (non-hydrogen) atoms. The number of nitrogens with zero attached hydrogens (tertiary/aromatic N) is 4. The molecule has 0 saturated carbocycles. The third-order valence-electron chi connectivity index (χ3n) is 5.41. The Balaban J connectivity index is 1.54. The molecule has 2 aliphatic heterocycles. The minimum atomic E-state index is -0.118. The number of nitriles is 1. The first-order valence-electron chi connectivity index (χ1n) is 10.7. The zero-order valence-electron chi connectivity index (χ0n) is 18.6. The van der Waals surface area contributed by atoms with Crippen LogP contribution in [0.25, 0.3) is 0 Å². The Labute approximate surface area is 206 Å². The van der Waals surface area contributed by atoms with E-state index in [1.54, 1.807) is 35.1 Å². The number of hydrogen-bond acceptors (Lipinski definition) is 8. The molecule has 1 fully saturated rings. The number of furan rings is 1. The molecule has 0 radical (unpaired) electrons. The van der Waals surface area contributed by atoms with Crippen molar-refractivity contribution in [2.24, 2.45) is 4.99 Å². The number of nitrogens with one attached hydrogen (secondary N) is 1. The van der Waals surface area contributed by atoms with E-state index in [0.717, 1.165) is 21.3 Å². The number of fused-ring (bicyclic) bond motifs is 1. The number of carbonyl (C=O) groups is 1. The van der Waals surface area contributed by atoms with Gasteiger partial charge in [0.2, 0.25) is 0 Å². The Kier molecular flexibility index (Phi) is 6.09. The van der Waals surface area contributed by atoms with Gasteiger partial charge in [-0.25, -0.2) is 4.99 Å². The van der Waals surface area contributed by atoms with E-state index < -0.39 is 0 Å². The van der Waals surface area contributed by atoms with Gasteiger partial charge >= 0.3 is 0 Å². The van der Waals surface area contributed by atoms with E-state index >= 15 is 0 Å². The summed E-state index contributed by atoms with van der Waals surface area (Å²) in [5.41, 5.74) is 2.96. The van der Waals surface area contributed by atoms with Gasteiger partial charge in [0.05, 0.1) is 40.5 Å². The van der Waals surface area contributed by atoms with Crippen molar-refractivity contribution in [1.82, 2.24) is 4.90 Å². The predicted molar refractivity (Wildman–Crippen MR) is 137 cm³/mol. The van der Waals surface area contributed by atoms with E-state index in [9.17, 15) is 10.1 Å². The lowest BCUT2D eigenvalue weighted by Crippen LogP contribution is -2.29. The van der Waals surface area contributed by atoms with Crippen LogP contribution in [0.5, 0.6) is 0 Å². The summed E-state index contributed by atoms with van der Waals surface area (Å²) in [6.45, 7) is 2.97. The van der Waals surface area contributed by atoms with Gasteiger partial charge in [0, 0.05) is 18.5 Å². The number of anilines is 2. The molecule has 0 aliphatic carbocycles. The van der Waals surface area contributed by atoms with Crippen molar-refractivity contribution in [3.8, 4) is 6.07 Å². The molecule has 2 aromatic carbocycles. The van der Waals surface area contributed by atoms with Crippen molar-refractivity contribution in [3.05, 3.63) is 82.1 Å². The normalized spacial score (nSPS) is 18.5. The highest BCUT2D eigenvalue weighted by atomic mass is 32.2. The Morgan fingerprint density at radius 3 is 2.74 bits per heavy atom. The number of aliphatic imine (C=N–C) groups is 1. The number of hydrogen-bond donors (Lipinski definition) is 1. The molecule has 170 valence electrons. The molecule has 0 unspecified atom stereocenters. The quantitative estimate of drug-likeness (QED) is 0.458. The molecule has 7 nitrogen and oxygen atoms in total. The Morgan fingerprint density at radius 2 is 2.00 bits per heavy atom. The lowest BCUT2D eigenvalue weighted by molar-refractivity contribution is -0.122. The molecule has 9 heteroatoms. The summed E-state index contributed by atoms with van der Waals surface area (Å²) in [5, 5.41) is 14.2. The zero-order chi connectivity index (χ0) is 23.7. The molecule has 1 N–H and O–H groups in total. The van der Waals surface area contributed by atoms with E-state index in [0.29, 0.717) is 33.6 Å². The smallest absolute Gasteiger partial charge is 0.269 e. The summed E-state index contributed by atoms with van der Waals surface area (Å²) in [5.74, 6) is 0.552. The summed E-state index contributed by atoms with van der Waals surface area (Å²) >= 11 is 2.93. The van der Waals surface area contributed by atoms with Gasteiger partial charge in [0.25, 0.3) is 5.91 Å². The van der Waals surface area contributed by atoms with Crippen molar-refractivity contribution in [2.75, 3.05) is 23.8 Å². The van der Waals surface area contributed by atoms with E-state index in [-0.39, 0.29) is 12.5 Å². The predicted octanol–water partition coefficient (Wildman–Crippen LogP) is 5.76. The molecule has 1 amide bonds. The van der Waals surface area contributed by atoms with Crippen LogP contribution in [0.2, 0.25) is 0 Å². The standard InChI is InChI=1S/C25H21N5O2S2/c1-3-27-19-11-10-17(13-16(19)14-26)28-25-30(15-18-7-6-12-32-18)23(31)22(34-25)24-29(2)20-8-4-5-9-21(20)33-24/h4-13,27H,3,15H2,1-2H3/b24-22+,28-25?. The Bertz CT molecular complexity index is 1360. The number of para-hydroxylation sites is 1. The fraction of sp³-hybridized carbons (Fsp3) is 0.160. The van der Waals surface area contributed by atoms with Crippen LogP contribution in [0.3, 0.4) is 0 Å². The second-order valence-electron chi connectivity index (χ2n) is 7.60. The van der Waals surface area contributed by atoms with Gasteiger partial charge in [-0.2, -0.15) is 5.26 Å². The van der Waals surface area contributed by atoms with Crippen LogP contribution in [-0.2, 0) is 11.3 Å². The van der Waals surface area contributed by atoms with Gasteiger partial charge in [0.15, 0.2) is 5.17 Å². The maximum absolute atomic E-state index is 13.6. The van der Waals surface area contributed by atoms with Crippen molar-refractivity contribution in [3.63, 3.8) is 0 Å². The van der Waals surface area contributed by atoms with Crippen LogP contribution >= 0.6 is 23.5 Å². The second kappa shape index (κ2) is 9.33. The molecule has 2 aliphatic rings. The minimum absolute atomic E-state index is 0.118. The summed E-state index contributed by atoms with van der Waals surface area (Å²) in [4.78, 5) is 23.8. The first kappa shape index (κ1) is 22.2. The number of thioether (sulfide) groups is 2. The first-order valence-corrected chi connectivity index (χ1v) is 12.4. The van der Waals surface area contributed by atoms with Gasteiger partial charge in [0.1, 0.15) is 16.7 Å². The molecule has 3 heterocycles. The third kappa shape index (κ3) is 4.06. The molecule has 0 spiro atoms. The average Bonchev–Trinajstić information content (AvgIpc) is 3.56. The van der Waals surface area contributed by atoms with E-state index in [4.69, 9.17) is 9.41 Å². The molecule has 5 rings (SSSR count). The monoisotopic (exact) mass is 487 g/mol. The van der Waals surface area contributed by atoms with Crippen LogP contribution < -0.4 is 10.2 Å². The molecule has 0 atom stereocenters. The van der Waals surface area contributed by atoms with Crippen molar-refractivity contribution in [2.45, 2.75) is 18.4 Å². The van der Waals surface area contributed by atoms with Gasteiger partial charge in [-0.15, -0.1) is 0 Å². The Morgan fingerprint density at radius 1 is 1.15 bits per heavy atom. The third-order valence-corrected chi connectivity index (χ3v) is 7.84. The molecule has 3 aromatic rings. The minimum Gasteiger partial charge on any atom is -0.467 e. The molecule has 1 saturated heterocycles. The number of carbonyl (C=O) groups excluding carboxylic acids is 1. The topological polar surface area (TPSA) is 84.9 Å². The lowest BCUT2D eigenvalue weighted by Gasteiger charge is -2.15. The number of benzene rings is 2. The van der Waals surface area contributed by atoms with Crippen LogP contribution in [-0.4, -0.2) is 29.6 Å². The van der Waals surface area contributed by atoms with Crippen molar-refractivity contribution >= 4 is 51.7 Å². The summed E-state index contributed by atoms with van der Waals surface area (Å²) in [6, 6.07) is 19.4. The van der Waals surface area contributed by atoms with Gasteiger partial charge in [-0.3, -0.25) is 9.69 Å². The highest BCUT2D eigenvalue weighted by Crippen LogP contribution is 2.50. The van der Waals surface area contributed by atoms with Crippen LogP contribution in [0, 0.1) is 11.3 Å². The van der Waals surface area contributed by atoms with E-state index in [1.807, 2.05) is 55.3 Å². The number of rotatable bonds is 5. The fourth-order valence-electron chi connectivity index (χ4n) is 3.77. The Hall–Kier alpha value is -3.61. The fourth-order valence-corrected chi connectivity index (χ4v) is 6.11. The average molecular weight is 488 g/mol. The molecular formula is C25H21N5O2S2. The lowest BCUT2D eigenvalue weighted by atomic mass is 10.1. The largest absolute Gasteiger partial charge is 0.467 e. The van der Waals surface area contributed by atoms with E-state index in [1.165, 1.54) is 11.8 Å².